The molecule has 1 amide bonds. The maximum atomic E-state index is 11.9. The van der Waals surface area contributed by atoms with Gasteiger partial charge in [-0.15, -0.1) is 10.2 Å². The number of nitrogens with two attached hydrogens (primary N) is 1. The maximum Gasteiger partial charge on any atom is 0.293 e. The summed E-state index contributed by atoms with van der Waals surface area (Å²) in [5.41, 5.74) is 8.44. The van der Waals surface area contributed by atoms with Crippen molar-refractivity contribution >= 4 is 39.0 Å². The van der Waals surface area contributed by atoms with E-state index in [2.05, 4.69) is 15.5 Å². The molecule has 0 aliphatic rings. The minimum Gasteiger partial charge on any atom is -0.451 e. The van der Waals surface area contributed by atoms with Gasteiger partial charge in [-0.1, -0.05) is 11.3 Å². The summed E-state index contributed by atoms with van der Waals surface area (Å²) < 4.78 is 5.42. The highest BCUT2D eigenvalue weighted by atomic mass is 32.1. The normalized spacial score (nSPS) is 10.7. The lowest BCUT2D eigenvalue weighted by Gasteiger charge is -1.95. The van der Waals surface area contributed by atoms with Gasteiger partial charge in [-0.3, -0.25) is 10.1 Å². The minimum absolute atomic E-state index is 0.214. The molecule has 90 valence electrons. The van der Waals surface area contributed by atoms with Crippen LogP contribution in [0.15, 0.2) is 34.2 Å². The molecule has 0 radical (unpaired) electrons. The molecule has 1 aromatic carbocycles. The summed E-state index contributed by atoms with van der Waals surface area (Å²) in [7, 11) is 0. The fourth-order valence-corrected chi connectivity index (χ4v) is 2.00. The van der Waals surface area contributed by atoms with Crippen LogP contribution in [0.3, 0.4) is 0 Å². The number of carbonyl (C=O) groups excluding carboxylic acids is 1. The van der Waals surface area contributed by atoms with Crippen LogP contribution < -0.4 is 11.1 Å². The molecule has 0 bridgehead atoms. The molecular formula is C11H8N4O2S. The highest BCUT2D eigenvalue weighted by Crippen LogP contribution is 2.22. The van der Waals surface area contributed by atoms with Crippen LogP contribution in [0.4, 0.5) is 10.8 Å². The predicted molar refractivity (Wildman–Crippen MR) is 68.5 cm³/mol. The van der Waals surface area contributed by atoms with Gasteiger partial charge in [0.1, 0.15) is 11.1 Å². The Kier molecular flexibility index (Phi) is 2.45. The second kappa shape index (κ2) is 4.11. The molecule has 18 heavy (non-hydrogen) atoms. The van der Waals surface area contributed by atoms with Crippen molar-refractivity contribution in [3.05, 3.63) is 35.5 Å². The van der Waals surface area contributed by atoms with Gasteiger partial charge in [0.05, 0.1) is 0 Å². The Morgan fingerprint density at radius 3 is 3.06 bits per heavy atom. The van der Waals surface area contributed by atoms with Gasteiger partial charge in [0, 0.05) is 11.1 Å². The van der Waals surface area contributed by atoms with E-state index in [4.69, 9.17) is 10.2 Å². The monoisotopic (exact) mass is 260 g/mol. The smallest absolute Gasteiger partial charge is 0.293 e. The van der Waals surface area contributed by atoms with Gasteiger partial charge in [0.25, 0.3) is 5.91 Å². The van der Waals surface area contributed by atoms with E-state index in [0.717, 1.165) is 5.39 Å². The van der Waals surface area contributed by atoms with E-state index >= 15 is 0 Å². The Balaban J connectivity index is 1.92. The molecule has 2 heterocycles. The van der Waals surface area contributed by atoms with Crippen LogP contribution in [0.25, 0.3) is 11.0 Å². The first kappa shape index (κ1) is 10.7. The summed E-state index contributed by atoms with van der Waals surface area (Å²) >= 11 is 1.24. The lowest BCUT2D eigenvalue weighted by molar-refractivity contribution is 0.0998. The number of hydrogen-bond donors (Lipinski definition) is 2. The Bertz CT molecular complexity index is 705. The van der Waals surface area contributed by atoms with Crippen molar-refractivity contribution in [2.24, 2.45) is 0 Å². The molecule has 0 atom stereocenters. The molecule has 0 spiro atoms. The summed E-state index contributed by atoms with van der Waals surface area (Å²) in [4.78, 5) is 11.9. The third-order valence-corrected chi connectivity index (χ3v) is 2.95. The largest absolute Gasteiger partial charge is 0.451 e. The molecular weight excluding hydrogens is 252 g/mol. The molecule has 7 heteroatoms. The van der Waals surface area contributed by atoms with Crippen LogP contribution in [-0.4, -0.2) is 16.1 Å². The summed E-state index contributed by atoms with van der Waals surface area (Å²) in [6.45, 7) is 0. The molecule has 2 aromatic heterocycles. The Hall–Kier alpha value is -2.41. The van der Waals surface area contributed by atoms with E-state index in [1.165, 1.54) is 16.8 Å². The molecule has 3 aromatic rings. The Labute approximate surface area is 105 Å². The van der Waals surface area contributed by atoms with Gasteiger partial charge in [0.2, 0.25) is 5.13 Å². The number of nitrogens with one attached hydrogen (secondary N) is 1. The number of nitrogen functional groups attached to an aromatic ring is 1. The van der Waals surface area contributed by atoms with Crippen LogP contribution in [0.5, 0.6) is 0 Å². The van der Waals surface area contributed by atoms with Crippen molar-refractivity contribution in [2.75, 3.05) is 11.1 Å². The third-order valence-electron chi connectivity index (χ3n) is 2.34. The standard InChI is InChI=1S/C11H8N4O2S/c12-7-1-2-8-6(3-7)4-9(17-8)10(16)14-11-15-13-5-18-11/h1-5H,12H2,(H,14,15,16). The molecule has 0 aliphatic carbocycles. The third kappa shape index (κ3) is 1.91. The second-order valence-corrected chi connectivity index (χ2v) is 4.44. The summed E-state index contributed by atoms with van der Waals surface area (Å²) in [5.74, 6) is -0.146. The van der Waals surface area contributed by atoms with Crippen LogP contribution in [0.2, 0.25) is 0 Å². The summed E-state index contributed by atoms with van der Waals surface area (Å²) in [5, 5.41) is 11.2. The number of benzene rings is 1. The van der Waals surface area contributed by atoms with E-state index in [1.54, 1.807) is 24.3 Å². The number of carbonyl (C=O) groups is 1. The zero-order chi connectivity index (χ0) is 12.5. The molecule has 0 fully saturated rings. The van der Waals surface area contributed by atoms with Gasteiger partial charge in [0.15, 0.2) is 5.76 Å². The SMILES string of the molecule is Nc1ccc2oc(C(=O)Nc3nncs3)cc2c1. The zero-order valence-electron chi connectivity index (χ0n) is 9.08. The molecule has 3 rings (SSSR count). The Morgan fingerprint density at radius 2 is 2.28 bits per heavy atom. The predicted octanol–water partition coefficient (Wildman–Crippen LogP) is 2.12. The van der Waals surface area contributed by atoms with Crippen LogP contribution in [0.1, 0.15) is 10.6 Å². The van der Waals surface area contributed by atoms with E-state index in [9.17, 15) is 4.79 Å². The number of fused-ring (bicyclic) bond motifs is 1. The zero-order valence-corrected chi connectivity index (χ0v) is 9.90. The maximum absolute atomic E-state index is 11.9. The Morgan fingerprint density at radius 1 is 1.39 bits per heavy atom. The summed E-state index contributed by atoms with van der Waals surface area (Å²) in [6.07, 6.45) is 0. The molecule has 0 aliphatic heterocycles. The van der Waals surface area contributed by atoms with Gasteiger partial charge in [-0.05, 0) is 24.3 Å². The fraction of sp³-hybridized carbons (Fsp3) is 0. The van der Waals surface area contributed by atoms with Crippen LogP contribution in [-0.2, 0) is 0 Å². The van der Waals surface area contributed by atoms with Gasteiger partial charge >= 0.3 is 0 Å². The number of aromatic nitrogens is 2. The highest BCUT2D eigenvalue weighted by Gasteiger charge is 2.13. The van der Waals surface area contributed by atoms with E-state index in [0.29, 0.717) is 16.4 Å². The number of nitrogens with zero attached hydrogens (tertiary/aromatic N) is 2. The number of rotatable bonds is 2. The average Bonchev–Trinajstić information content (AvgIpc) is 2.96. The first-order valence-corrected chi connectivity index (χ1v) is 5.97. The van der Waals surface area contributed by atoms with E-state index in [-0.39, 0.29) is 11.7 Å². The van der Waals surface area contributed by atoms with E-state index in [1.807, 2.05) is 0 Å². The lowest BCUT2D eigenvalue weighted by atomic mass is 10.2. The van der Waals surface area contributed by atoms with Crippen LogP contribution in [0, 0.1) is 0 Å². The molecule has 3 N–H and O–H groups in total. The van der Waals surface area contributed by atoms with Gasteiger partial charge < -0.3 is 10.2 Å². The highest BCUT2D eigenvalue weighted by molar-refractivity contribution is 7.13. The van der Waals surface area contributed by atoms with Crippen molar-refractivity contribution in [3.63, 3.8) is 0 Å². The van der Waals surface area contributed by atoms with Gasteiger partial charge in [-0.2, -0.15) is 0 Å². The molecule has 0 saturated heterocycles. The van der Waals surface area contributed by atoms with Crippen molar-refractivity contribution in [3.8, 4) is 0 Å². The molecule has 0 saturated carbocycles. The number of hydrogen-bond acceptors (Lipinski definition) is 6. The lowest BCUT2D eigenvalue weighted by Crippen LogP contribution is -2.10. The first-order valence-electron chi connectivity index (χ1n) is 5.09. The number of amides is 1. The molecule has 0 unspecified atom stereocenters. The number of anilines is 2. The van der Waals surface area contributed by atoms with Crippen molar-refractivity contribution in [1.82, 2.24) is 10.2 Å². The van der Waals surface area contributed by atoms with Crippen molar-refractivity contribution < 1.29 is 9.21 Å². The molecule has 6 nitrogen and oxygen atoms in total. The quantitative estimate of drug-likeness (QED) is 0.688. The number of furan rings is 1. The first-order chi connectivity index (χ1) is 8.72. The van der Waals surface area contributed by atoms with Crippen molar-refractivity contribution in [1.29, 1.82) is 0 Å². The summed E-state index contributed by atoms with van der Waals surface area (Å²) in [6, 6.07) is 6.84. The van der Waals surface area contributed by atoms with Crippen molar-refractivity contribution in [2.45, 2.75) is 0 Å². The van der Waals surface area contributed by atoms with Crippen LogP contribution >= 0.6 is 11.3 Å². The second-order valence-electron chi connectivity index (χ2n) is 3.61. The fourth-order valence-electron chi connectivity index (χ4n) is 1.56. The average molecular weight is 260 g/mol. The van der Waals surface area contributed by atoms with Gasteiger partial charge in [-0.25, -0.2) is 0 Å². The topological polar surface area (TPSA) is 94.0 Å². The van der Waals surface area contributed by atoms with E-state index < -0.39 is 0 Å². The minimum atomic E-state index is -0.360.